The molecule has 0 atom stereocenters. The molecule has 2 rings (SSSR count). The Morgan fingerprint density at radius 2 is 2.07 bits per heavy atom. The maximum absolute atomic E-state index is 5.74. The van der Waals surface area contributed by atoms with Crippen molar-refractivity contribution in [3.8, 4) is 0 Å². The quantitative estimate of drug-likeness (QED) is 0.669. The zero-order valence-electron chi connectivity index (χ0n) is 8.36. The summed E-state index contributed by atoms with van der Waals surface area (Å²) >= 11 is 0. The summed E-state index contributed by atoms with van der Waals surface area (Å²) in [5, 5.41) is 0. The van der Waals surface area contributed by atoms with Gasteiger partial charge >= 0.3 is 0 Å². The standard InChI is InChI=1S/C10H14N4/c1-6(2)7-4-3-5-8-9(7)13-10(11)14(8)12/h3-6H,12H2,1-2H3,(H2,11,13). The highest BCUT2D eigenvalue weighted by atomic mass is 15.4. The first-order valence-electron chi connectivity index (χ1n) is 4.63. The summed E-state index contributed by atoms with van der Waals surface area (Å²) in [6.07, 6.45) is 0. The van der Waals surface area contributed by atoms with Crippen LogP contribution in [0.25, 0.3) is 11.0 Å². The minimum Gasteiger partial charge on any atom is -0.368 e. The van der Waals surface area contributed by atoms with Crippen LogP contribution < -0.4 is 11.6 Å². The molecule has 4 nitrogen and oxygen atoms in total. The monoisotopic (exact) mass is 190 g/mol. The summed E-state index contributed by atoms with van der Waals surface area (Å²) in [7, 11) is 0. The number of benzene rings is 1. The Labute approximate surface area is 82.5 Å². The zero-order chi connectivity index (χ0) is 10.3. The molecule has 1 aromatic carbocycles. The number of aromatic nitrogens is 2. The fourth-order valence-corrected chi connectivity index (χ4v) is 1.62. The molecule has 0 amide bonds. The number of nitrogens with two attached hydrogens (primary N) is 2. The van der Waals surface area contributed by atoms with Gasteiger partial charge in [-0.3, -0.25) is 0 Å². The van der Waals surface area contributed by atoms with E-state index >= 15 is 0 Å². The van der Waals surface area contributed by atoms with Crippen molar-refractivity contribution >= 4 is 17.0 Å². The molecule has 4 N–H and O–H groups in total. The van der Waals surface area contributed by atoms with E-state index in [-0.39, 0.29) is 0 Å². The molecule has 0 aliphatic rings. The van der Waals surface area contributed by atoms with Gasteiger partial charge in [0.05, 0.1) is 11.0 Å². The smallest absolute Gasteiger partial charge is 0.220 e. The Kier molecular flexibility index (Phi) is 1.84. The molecular formula is C10H14N4. The van der Waals surface area contributed by atoms with E-state index in [0.717, 1.165) is 11.0 Å². The van der Waals surface area contributed by atoms with Crippen molar-refractivity contribution in [1.82, 2.24) is 9.66 Å². The Balaban J connectivity index is 2.81. The molecule has 0 aliphatic heterocycles. The SMILES string of the molecule is CC(C)c1cccc2c1nc(N)n2N. The van der Waals surface area contributed by atoms with Crippen molar-refractivity contribution in [2.24, 2.45) is 0 Å². The van der Waals surface area contributed by atoms with E-state index < -0.39 is 0 Å². The first-order valence-corrected chi connectivity index (χ1v) is 4.63. The van der Waals surface area contributed by atoms with Gasteiger partial charge in [-0.25, -0.2) is 9.66 Å². The van der Waals surface area contributed by atoms with Crippen molar-refractivity contribution in [2.75, 3.05) is 11.6 Å². The summed E-state index contributed by atoms with van der Waals surface area (Å²) in [6, 6.07) is 5.95. The predicted octanol–water partition coefficient (Wildman–Crippen LogP) is 1.46. The van der Waals surface area contributed by atoms with Crippen molar-refractivity contribution in [2.45, 2.75) is 19.8 Å². The van der Waals surface area contributed by atoms with Gasteiger partial charge in [-0.15, -0.1) is 0 Å². The molecule has 4 heteroatoms. The van der Waals surface area contributed by atoms with E-state index in [1.165, 1.54) is 10.2 Å². The molecule has 1 heterocycles. The second-order valence-electron chi connectivity index (χ2n) is 3.71. The van der Waals surface area contributed by atoms with Gasteiger partial charge in [0, 0.05) is 0 Å². The highest BCUT2D eigenvalue weighted by Crippen LogP contribution is 2.24. The third-order valence-corrected chi connectivity index (χ3v) is 2.40. The maximum Gasteiger partial charge on any atom is 0.220 e. The summed E-state index contributed by atoms with van der Waals surface area (Å²) in [5.74, 6) is 6.52. The number of anilines is 1. The number of hydrogen-bond donors (Lipinski definition) is 2. The highest BCUT2D eigenvalue weighted by Gasteiger charge is 2.11. The number of hydrogen-bond acceptors (Lipinski definition) is 3. The van der Waals surface area contributed by atoms with Gasteiger partial charge < -0.3 is 11.6 Å². The molecule has 0 saturated heterocycles. The van der Waals surface area contributed by atoms with Crippen LogP contribution in [0.3, 0.4) is 0 Å². The Hall–Kier alpha value is -1.71. The van der Waals surface area contributed by atoms with Crippen LogP contribution in [0.1, 0.15) is 25.3 Å². The van der Waals surface area contributed by atoms with E-state index in [9.17, 15) is 0 Å². The average Bonchev–Trinajstić information content (AvgIpc) is 2.43. The molecule has 0 spiro atoms. The minimum absolute atomic E-state index is 0.355. The number of imidazole rings is 1. The summed E-state index contributed by atoms with van der Waals surface area (Å²) in [4.78, 5) is 4.25. The normalized spacial score (nSPS) is 11.4. The maximum atomic E-state index is 5.74. The average molecular weight is 190 g/mol. The third kappa shape index (κ3) is 1.11. The van der Waals surface area contributed by atoms with Gasteiger partial charge in [-0.05, 0) is 17.5 Å². The first-order chi connectivity index (χ1) is 6.61. The summed E-state index contributed by atoms with van der Waals surface area (Å²) in [6.45, 7) is 4.25. The van der Waals surface area contributed by atoms with Crippen LogP contribution in [0.15, 0.2) is 18.2 Å². The van der Waals surface area contributed by atoms with E-state index in [1.54, 1.807) is 0 Å². The second kappa shape index (κ2) is 2.90. The summed E-state index contributed by atoms with van der Waals surface area (Å²) in [5.41, 5.74) is 8.62. The minimum atomic E-state index is 0.355. The lowest BCUT2D eigenvalue weighted by Gasteiger charge is -2.05. The lowest BCUT2D eigenvalue weighted by molar-refractivity contribution is 0.873. The van der Waals surface area contributed by atoms with Gasteiger partial charge in [0.25, 0.3) is 0 Å². The number of para-hydroxylation sites is 1. The van der Waals surface area contributed by atoms with Crippen LogP contribution in [-0.4, -0.2) is 9.66 Å². The Bertz CT molecular complexity index is 470. The topological polar surface area (TPSA) is 69.9 Å². The van der Waals surface area contributed by atoms with Crippen molar-refractivity contribution < 1.29 is 0 Å². The van der Waals surface area contributed by atoms with Gasteiger partial charge in [-0.2, -0.15) is 0 Å². The predicted molar refractivity (Wildman–Crippen MR) is 58.4 cm³/mol. The molecule has 0 unspecified atom stereocenters. The third-order valence-electron chi connectivity index (χ3n) is 2.40. The van der Waals surface area contributed by atoms with Crippen LogP contribution in [0.5, 0.6) is 0 Å². The van der Waals surface area contributed by atoms with Gasteiger partial charge in [0.1, 0.15) is 0 Å². The Morgan fingerprint density at radius 3 is 2.71 bits per heavy atom. The molecule has 0 bridgehead atoms. The van der Waals surface area contributed by atoms with E-state index in [0.29, 0.717) is 11.9 Å². The van der Waals surface area contributed by atoms with Crippen LogP contribution in [0, 0.1) is 0 Å². The fourth-order valence-electron chi connectivity index (χ4n) is 1.62. The number of nitrogen functional groups attached to an aromatic ring is 2. The van der Waals surface area contributed by atoms with E-state index in [1.807, 2.05) is 12.1 Å². The van der Waals surface area contributed by atoms with Gasteiger partial charge in [0.2, 0.25) is 5.95 Å². The second-order valence-corrected chi connectivity index (χ2v) is 3.71. The highest BCUT2D eigenvalue weighted by molar-refractivity contribution is 5.82. The van der Waals surface area contributed by atoms with Crippen molar-refractivity contribution in [1.29, 1.82) is 0 Å². The van der Waals surface area contributed by atoms with Gasteiger partial charge in [-0.1, -0.05) is 26.0 Å². The lowest BCUT2D eigenvalue weighted by Crippen LogP contribution is -2.11. The zero-order valence-corrected chi connectivity index (χ0v) is 8.36. The van der Waals surface area contributed by atoms with E-state index in [4.69, 9.17) is 11.6 Å². The molecule has 14 heavy (non-hydrogen) atoms. The summed E-state index contributed by atoms with van der Waals surface area (Å²) < 4.78 is 1.42. The van der Waals surface area contributed by atoms with Crippen LogP contribution in [0.2, 0.25) is 0 Å². The van der Waals surface area contributed by atoms with Crippen molar-refractivity contribution in [3.05, 3.63) is 23.8 Å². The molecule has 0 saturated carbocycles. The molecule has 74 valence electrons. The molecule has 0 fully saturated rings. The van der Waals surface area contributed by atoms with Crippen LogP contribution >= 0.6 is 0 Å². The number of fused-ring (bicyclic) bond motifs is 1. The van der Waals surface area contributed by atoms with Crippen LogP contribution in [0.4, 0.5) is 5.95 Å². The number of nitrogens with zero attached hydrogens (tertiary/aromatic N) is 2. The molecule has 1 aromatic heterocycles. The molecule has 0 aliphatic carbocycles. The van der Waals surface area contributed by atoms with Crippen LogP contribution in [-0.2, 0) is 0 Å². The van der Waals surface area contributed by atoms with E-state index in [2.05, 4.69) is 24.9 Å². The Morgan fingerprint density at radius 1 is 1.36 bits per heavy atom. The number of rotatable bonds is 1. The fraction of sp³-hybridized carbons (Fsp3) is 0.300. The van der Waals surface area contributed by atoms with Crippen molar-refractivity contribution in [3.63, 3.8) is 0 Å². The molecular weight excluding hydrogens is 176 g/mol. The van der Waals surface area contributed by atoms with Gasteiger partial charge in [0.15, 0.2) is 0 Å². The first kappa shape index (κ1) is 8.87. The molecule has 2 aromatic rings. The largest absolute Gasteiger partial charge is 0.368 e. The molecule has 0 radical (unpaired) electrons. The lowest BCUT2D eigenvalue weighted by atomic mass is 10.0.